The summed E-state index contributed by atoms with van der Waals surface area (Å²) in [4.78, 5) is 14.1. The van der Waals surface area contributed by atoms with Gasteiger partial charge in [-0.25, -0.2) is 4.79 Å². The third kappa shape index (κ3) is 5.91. The minimum absolute atomic E-state index is 0.134. The zero-order valence-corrected chi connectivity index (χ0v) is 13.1. The molecule has 22 heavy (non-hydrogen) atoms. The zero-order chi connectivity index (χ0) is 15.6. The lowest BCUT2D eigenvalue weighted by atomic mass is 10.2. The number of urea groups is 1. The van der Waals surface area contributed by atoms with Gasteiger partial charge in [-0.15, -0.1) is 0 Å². The number of rotatable bonds is 7. The quantitative estimate of drug-likeness (QED) is 0.744. The third-order valence-corrected chi connectivity index (χ3v) is 3.63. The molecule has 122 valence electrons. The van der Waals surface area contributed by atoms with E-state index in [4.69, 9.17) is 9.47 Å². The lowest BCUT2D eigenvalue weighted by Gasteiger charge is -2.26. The van der Waals surface area contributed by atoms with Crippen molar-refractivity contribution in [1.82, 2.24) is 15.5 Å². The number of hydrogen-bond donors (Lipinski definition) is 2. The van der Waals surface area contributed by atoms with Gasteiger partial charge in [0.1, 0.15) is 5.75 Å². The summed E-state index contributed by atoms with van der Waals surface area (Å²) in [5.74, 6) is 0.796. The van der Waals surface area contributed by atoms with Gasteiger partial charge >= 0.3 is 6.03 Å². The molecule has 2 amide bonds. The fourth-order valence-electron chi connectivity index (χ4n) is 2.36. The van der Waals surface area contributed by atoms with E-state index in [0.717, 1.165) is 50.6 Å². The Morgan fingerprint density at radius 3 is 2.91 bits per heavy atom. The number of nitrogens with one attached hydrogen (secondary N) is 2. The maximum Gasteiger partial charge on any atom is 0.315 e. The van der Waals surface area contributed by atoms with Crippen LogP contribution in [0.5, 0.6) is 5.75 Å². The number of ether oxygens (including phenoxy) is 2. The van der Waals surface area contributed by atoms with Gasteiger partial charge in [0.25, 0.3) is 0 Å². The first-order valence-electron chi connectivity index (χ1n) is 7.72. The summed E-state index contributed by atoms with van der Waals surface area (Å²) < 4.78 is 10.5. The zero-order valence-electron chi connectivity index (χ0n) is 13.1. The van der Waals surface area contributed by atoms with E-state index in [9.17, 15) is 4.79 Å². The van der Waals surface area contributed by atoms with E-state index in [0.29, 0.717) is 13.1 Å². The standard InChI is InChI=1S/C16H25N3O3/c1-21-15-5-2-4-14(12-15)13-18-16(20)17-6-3-7-19-8-10-22-11-9-19/h2,4-5,12H,3,6-11,13H2,1H3,(H2,17,18,20). The summed E-state index contributed by atoms with van der Waals surface area (Å²) in [6.07, 6.45) is 0.951. The molecule has 0 spiro atoms. The molecule has 2 rings (SSSR count). The molecule has 0 aromatic heterocycles. The van der Waals surface area contributed by atoms with Crippen LogP contribution in [0.15, 0.2) is 24.3 Å². The molecule has 6 nitrogen and oxygen atoms in total. The summed E-state index contributed by atoms with van der Waals surface area (Å²) in [6, 6.07) is 7.54. The molecule has 2 N–H and O–H groups in total. The van der Waals surface area contributed by atoms with Gasteiger partial charge in [-0.1, -0.05) is 12.1 Å². The van der Waals surface area contributed by atoms with Gasteiger partial charge in [0.15, 0.2) is 0 Å². The molecule has 0 saturated carbocycles. The molecule has 1 heterocycles. The van der Waals surface area contributed by atoms with Gasteiger partial charge in [0.05, 0.1) is 20.3 Å². The van der Waals surface area contributed by atoms with Crippen LogP contribution in [-0.4, -0.2) is 57.4 Å². The van der Waals surface area contributed by atoms with Crippen molar-refractivity contribution < 1.29 is 14.3 Å². The summed E-state index contributed by atoms with van der Waals surface area (Å²) >= 11 is 0. The lowest BCUT2D eigenvalue weighted by molar-refractivity contribution is 0.0375. The first-order chi connectivity index (χ1) is 10.8. The molecule has 0 radical (unpaired) electrons. The minimum Gasteiger partial charge on any atom is -0.497 e. The van der Waals surface area contributed by atoms with E-state index in [1.54, 1.807) is 7.11 Å². The molecule has 1 saturated heterocycles. The molecule has 6 heteroatoms. The minimum atomic E-state index is -0.134. The van der Waals surface area contributed by atoms with E-state index < -0.39 is 0 Å². The number of amides is 2. The number of nitrogens with zero attached hydrogens (tertiary/aromatic N) is 1. The average Bonchev–Trinajstić information content (AvgIpc) is 2.58. The van der Waals surface area contributed by atoms with Crippen LogP contribution in [0.25, 0.3) is 0 Å². The van der Waals surface area contributed by atoms with E-state index in [1.807, 2.05) is 24.3 Å². The van der Waals surface area contributed by atoms with Gasteiger partial charge in [0, 0.05) is 26.2 Å². The van der Waals surface area contributed by atoms with Gasteiger partial charge in [-0.2, -0.15) is 0 Å². The van der Waals surface area contributed by atoms with Gasteiger partial charge in [-0.05, 0) is 30.7 Å². The summed E-state index contributed by atoms with van der Waals surface area (Å²) in [5, 5.41) is 5.73. The Morgan fingerprint density at radius 1 is 1.32 bits per heavy atom. The van der Waals surface area contributed by atoms with Crippen LogP contribution in [0, 0.1) is 0 Å². The van der Waals surface area contributed by atoms with Crippen LogP contribution >= 0.6 is 0 Å². The highest BCUT2D eigenvalue weighted by Crippen LogP contribution is 2.11. The number of carbonyl (C=O) groups is 1. The Morgan fingerprint density at radius 2 is 2.14 bits per heavy atom. The maximum absolute atomic E-state index is 11.7. The van der Waals surface area contributed by atoms with Gasteiger partial charge in [0.2, 0.25) is 0 Å². The molecular formula is C16H25N3O3. The molecule has 0 atom stereocenters. The van der Waals surface area contributed by atoms with Crippen LogP contribution in [0.2, 0.25) is 0 Å². The Bertz CT molecular complexity index is 462. The van der Waals surface area contributed by atoms with Crippen LogP contribution in [0.4, 0.5) is 4.79 Å². The van der Waals surface area contributed by atoms with Crippen molar-refractivity contribution >= 4 is 6.03 Å². The largest absolute Gasteiger partial charge is 0.497 e. The van der Waals surface area contributed by atoms with Crippen molar-refractivity contribution in [3.63, 3.8) is 0 Å². The highest BCUT2D eigenvalue weighted by molar-refractivity contribution is 5.73. The average molecular weight is 307 g/mol. The molecule has 0 aliphatic carbocycles. The fourth-order valence-corrected chi connectivity index (χ4v) is 2.36. The van der Waals surface area contributed by atoms with Crippen molar-refractivity contribution in [2.24, 2.45) is 0 Å². The molecular weight excluding hydrogens is 282 g/mol. The first-order valence-corrected chi connectivity index (χ1v) is 7.72. The molecule has 1 fully saturated rings. The second kappa shape index (κ2) is 9.27. The third-order valence-electron chi connectivity index (χ3n) is 3.63. The Balaban J connectivity index is 1.57. The van der Waals surface area contributed by atoms with Crippen LogP contribution in [0.1, 0.15) is 12.0 Å². The van der Waals surface area contributed by atoms with Gasteiger partial charge < -0.3 is 20.1 Å². The first kappa shape index (κ1) is 16.6. The molecule has 1 aromatic rings. The van der Waals surface area contributed by atoms with E-state index in [-0.39, 0.29) is 6.03 Å². The second-order valence-corrected chi connectivity index (χ2v) is 5.27. The van der Waals surface area contributed by atoms with Crippen molar-refractivity contribution in [3.05, 3.63) is 29.8 Å². The molecule has 1 aliphatic heterocycles. The van der Waals surface area contributed by atoms with Crippen LogP contribution < -0.4 is 15.4 Å². The number of benzene rings is 1. The Labute approximate surface area is 131 Å². The highest BCUT2D eigenvalue weighted by atomic mass is 16.5. The summed E-state index contributed by atoms with van der Waals surface area (Å²) in [6.45, 7) is 5.78. The summed E-state index contributed by atoms with van der Waals surface area (Å²) in [5.41, 5.74) is 1.02. The van der Waals surface area contributed by atoms with Gasteiger partial charge in [-0.3, -0.25) is 4.90 Å². The van der Waals surface area contributed by atoms with Crippen molar-refractivity contribution in [2.75, 3.05) is 46.5 Å². The second-order valence-electron chi connectivity index (χ2n) is 5.27. The number of morpholine rings is 1. The normalized spacial score (nSPS) is 15.3. The molecule has 0 unspecified atom stereocenters. The number of carbonyl (C=O) groups excluding carboxylic acids is 1. The van der Waals surface area contributed by atoms with Crippen LogP contribution in [-0.2, 0) is 11.3 Å². The summed E-state index contributed by atoms with van der Waals surface area (Å²) in [7, 11) is 1.63. The predicted octanol–water partition coefficient (Wildman–Crippen LogP) is 1.22. The SMILES string of the molecule is COc1cccc(CNC(=O)NCCCN2CCOCC2)c1. The monoisotopic (exact) mass is 307 g/mol. The molecule has 0 bridgehead atoms. The van der Waals surface area contributed by atoms with E-state index >= 15 is 0 Å². The topological polar surface area (TPSA) is 62.8 Å². The Hall–Kier alpha value is -1.79. The smallest absolute Gasteiger partial charge is 0.315 e. The highest BCUT2D eigenvalue weighted by Gasteiger charge is 2.09. The van der Waals surface area contributed by atoms with E-state index in [2.05, 4.69) is 15.5 Å². The maximum atomic E-state index is 11.7. The Kier molecular flexibility index (Phi) is 6.99. The number of hydrogen-bond acceptors (Lipinski definition) is 4. The van der Waals surface area contributed by atoms with Crippen molar-refractivity contribution in [1.29, 1.82) is 0 Å². The van der Waals surface area contributed by atoms with E-state index in [1.165, 1.54) is 0 Å². The number of methoxy groups -OCH3 is 1. The van der Waals surface area contributed by atoms with Crippen molar-refractivity contribution in [2.45, 2.75) is 13.0 Å². The van der Waals surface area contributed by atoms with Crippen LogP contribution in [0.3, 0.4) is 0 Å². The fraction of sp³-hybridized carbons (Fsp3) is 0.562. The molecule has 1 aliphatic rings. The predicted molar refractivity (Wildman–Crippen MR) is 85.1 cm³/mol. The van der Waals surface area contributed by atoms with Crippen molar-refractivity contribution in [3.8, 4) is 5.75 Å². The molecule has 1 aromatic carbocycles. The lowest BCUT2D eigenvalue weighted by Crippen LogP contribution is -2.39.